The number of hydrogen-bond donors (Lipinski definition) is 0. The smallest absolute Gasteiger partial charge is 0.199 e. The topological polar surface area (TPSA) is 52.0 Å². The molecule has 1 aromatic heterocycles. The van der Waals surface area contributed by atoms with Gasteiger partial charge in [-0.05, 0) is 48.7 Å². The molecule has 4 nitrogen and oxygen atoms in total. The van der Waals surface area contributed by atoms with E-state index in [2.05, 4.69) is 17.2 Å². The van der Waals surface area contributed by atoms with Crippen molar-refractivity contribution in [1.29, 1.82) is 0 Å². The number of aromatic nitrogens is 2. The Balaban J connectivity index is 1.77. The highest BCUT2D eigenvalue weighted by atomic mass is 32.2. The molecule has 1 aliphatic carbocycles. The molecular formula is C24H20N2O2S. The van der Waals surface area contributed by atoms with Crippen molar-refractivity contribution in [1.82, 2.24) is 9.19 Å². The van der Waals surface area contributed by atoms with Crippen molar-refractivity contribution in [3.05, 3.63) is 89.6 Å². The van der Waals surface area contributed by atoms with Crippen LogP contribution in [0.15, 0.2) is 77.7 Å². The third-order valence-electron chi connectivity index (χ3n) is 5.37. The Kier molecular flexibility index (Phi) is 4.14. The predicted octanol–water partition coefficient (Wildman–Crippen LogP) is 5.21. The van der Waals surface area contributed by atoms with E-state index in [1.807, 2.05) is 61.5 Å². The van der Waals surface area contributed by atoms with Gasteiger partial charge < -0.3 is 0 Å². The third kappa shape index (κ3) is 2.98. The minimum atomic E-state index is -3.81. The van der Waals surface area contributed by atoms with E-state index < -0.39 is 10.0 Å². The van der Waals surface area contributed by atoms with Gasteiger partial charge in [-0.15, -0.1) is 0 Å². The van der Waals surface area contributed by atoms with Gasteiger partial charge in [0, 0.05) is 11.1 Å². The zero-order valence-electron chi connectivity index (χ0n) is 16.0. The third-order valence-corrected chi connectivity index (χ3v) is 6.96. The van der Waals surface area contributed by atoms with E-state index in [4.69, 9.17) is 0 Å². The van der Waals surface area contributed by atoms with Crippen molar-refractivity contribution < 1.29 is 8.42 Å². The lowest BCUT2D eigenvalue weighted by molar-refractivity contribution is 0.580. The molecule has 0 spiro atoms. The summed E-state index contributed by atoms with van der Waals surface area (Å²) in [4.78, 5) is 0.244. The molecule has 5 rings (SSSR count). The number of nitrogens with zero attached hydrogens (tertiary/aromatic N) is 2. The average Bonchev–Trinajstić information content (AvgIpc) is 3.14. The Morgan fingerprint density at radius 3 is 2.48 bits per heavy atom. The number of rotatable bonds is 3. The van der Waals surface area contributed by atoms with Crippen LogP contribution >= 0.6 is 0 Å². The summed E-state index contributed by atoms with van der Waals surface area (Å²) in [5, 5.41) is 6.74. The van der Waals surface area contributed by atoms with Crippen LogP contribution in [0.3, 0.4) is 0 Å². The molecule has 3 aromatic carbocycles. The summed E-state index contributed by atoms with van der Waals surface area (Å²) >= 11 is 0. The van der Waals surface area contributed by atoms with Gasteiger partial charge in [-0.25, -0.2) is 0 Å². The van der Waals surface area contributed by atoms with E-state index in [1.54, 1.807) is 12.1 Å². The van der Waals surface area contributed by atoms with Crippen LogP contribution in [0, 0.1) is 6.92 Å². The number of aryl methyl sites for hydroxylation is 2. The van der Waals surface area contributed by atoms with E-state index in [9.17, 15) is 8.42 Å². The SMILES string of the molecule is Cc1ccc(S(=O)(=O)n2nc3c(c2-c2ccc4ccccc4c2)C=CCC3)cc1. The van der Waals surface area contributed by atoms with E-state index >= 15 is 0 Å². The maximum atomic E-state index is 13.5. The van der Waals surface area contributed by atoms with Crippen molar-refractivity contribution >= 4 is 26.9 Å². The van der Waals surface area contributed by atoms with E-state index in [-0.39, 0.29) is 4.90 Å². The lowest BCUT2D eigenvalue weighted by Crippen LogP contribution is -2.16. The molecule has 144 valence electrons. The standard InChI is InChI=1S/C24H20N2O2S/c1-17-10-14-21(15-11-17)29(27,28)26-24(22-8-4-5-9-23(22)25-26)20-13-12-18-6-2-3-7-19(18)16-20/h2-4,6-8,10-16H,5,9H2,1H3. The maximum absolute atomic E-state index is 13.5. The quantitative estimate of drug-likeness (QED) is 0.474. The normalized spacial score (nSPS) is 13.6. The molecule has 0 amide bonds. The van der Waals surface area contributed by atoms with Gasteiger partial charge in [0.05, 0.1) is 16.3 Å². The molecule has 0 aliphatic heterocycles. The first-order valence-electron chi connectivity index (χ1n) is 9.64. The summed E-state index contributed by atoms with van der Waals surface area (Å²) < 4.78 is 28.2. The minimum absolute atomic E-state index is 0.244. The summed E-state index contributed by atoms with van der Waals surface area (Å²) in [6.07, 6.45) is 5.68. The maximum Gasteiger partial charge on any atom is 0.283 e. The van der Waals surface area contributed by atoms with Gasteiger partial charge >= 0.3 is 0 Å². The summed E-state index contributed by atoms with van der Waals surface area (Å²) in [6.45, 7) is 1.94. The first kappa shape index (κ1) is 17.9. The number of allylic oxidation sites excluding steroid dienone is 1. The highest BCUT2D eigenvalue weighted by molar-refractivity contribution is 7.90. The number of hydrogen-bond acceptors (Lipinski definition) is 3. The van der Waals surface area contributed by atoms with Crippen molar-refractivity contribution in [2.75, 3.05) is 0 Å². The van der Waals surface area contributed by atoms with Crippen molar-refractivity contribution in [3.8, 4) is 11.3 Å². The van der Waals surface area contributed by atoms with Gasteiger partial charge in [-0.1, -0.05) is 66.2 Å². The zero-order valence-corrected chi connectivity index (χ0v) is 16.9. The van der Waals surface area contributed by atoms with E-state index in [1.165, 1.54) is 4.09 Å². The molecule has 5 heteroatoms. The Hall–Kier alpha value is -3.18. The Bertz CT molecular complexity index is 1360. The fourth-order valence-electron chi connectivity index (χ4n) is 3.82. The first-order chi connectivity index (χ1) is 14.0. The van der Waals surface area contributed by atoms with Crippen LogP contribution in [-0.4, -0.2) is 17.6 Å². The molecule has 0 saturated heterocycles. The lowest BCUT2D eigenvalue weighted by Gasteiger charge is -2.11. The molecule has 0 bridgehead atoms. The van der Waals surface area contributed by atoms with Crippen LogP contribution in [0.5, 0.6) is 0 Å². The fraction of sp³-hybridized carbons (Fsp3) is 0.125. The van der Waals surface area contributed by atoms with Gasteiger partial charge in [0.25, 0.3) is 10.0 Å². The Labute approximate surface area is 170 Å². The molecule has 1 aliphatic rings. The summed E-state index contributed by atoms with van der Waals surface area (Å²) in [7, 11) is -3.81. The molecule has 1 heterocycles. The van der Waals surface area contributed by atoms with Crippen LogP contribution in [0.1, 0.15) is 23.2 Å². The summed E-state index contributed by atoms with van der Waals surface area (Å²) in [5.74, 6) is 0. The van der Waals surface area contributed by atoms with Crippen LogP contribution < -0.4 is 0 Å². The van der Waals surface area contributed by atoms with E-state index in [0.29, 0.717) is 5.69 Å². The monoisotopic (exact) mass is 400 g/mol. The lowest BCUT2D eigenvalue weighted by atomic mass is 9.98. The van der Waals surface area contributed by atoms with Crippen LogP contribution in [0.25, 0.3) is 28.1 Å². The largest absolute Gasteiger partial charge is 0.283 e. The Morgan fingerprint density at radius 1 is 0.931 bits per heavy atom. The van der Waals surface area contributed by atoms with Gasteiger partial charge in [-0.2, -0.15) is 17.6 Å². The van der Waals surface area contributed by atoms with Crippen molar-refractivity contribution in [2.45, 2.75) is 24.7 Å². The molecular weight excluding hydrogens is 380 g/mol. The number of fused-ring (bicyclic) bond motifs is 2. The average molecular weight is 401 g/mol. The van der Waals surface area contributed by atoms with Gasteiger partial charge in [0.15, 0.2) is 0 Å². The Morgan fingerprint density at radius 2 is 1.69 bits per heavy atom. The second kappa shape index (κ2) is 6.71. The first-order valence-corrected chi connectivity index (χ1v) is 11.1. The molecule has 0 atom stereocenters. The molecule has 0 fully saturated rings. The van der Waals surface area contributed by atoms with Crippen molar-refractivity contribution in [2.24, 2.45) is 0 Å². The molecule has 0 saturated carbocycles. The summed E-state index contributed by atoms with van der Waals surface area (Å²) in [5.41, 5.74) is 4.21. The molecule has 0 unspecified atom stereocenters. The van der Waals surface area contributed by atoms with Crippen LogP contribution in [-0.2, 0) is 16.4 Å². The van der Waals surface area contributed by atoms with Gasteiger partial charge in [0.1, 0.15) is 0 Å². The minimum Gasteiger partial charge on any atom is -0.199 e. The molecule has 4 aromatic rings. The molecule has 0 radical (unpaired) electrons. The van der Waals surface area contributed by atoms with Gasteiger partial charge in [-0.3, -0.25) is 0 Å². The van der Waals surface area contributed by atoms with Crippen LogP contribution in [0.4, 0.5) is 0 Å². The highest BCUT2D eigenvalue weighted by Gasteiger charge is 2.28. The van der Waals surface area contributed by atoms with Crippen molar-refractivity contribution in [3.63, 3.8) is 0 Å². The predicted molar refractivity (Wildman–Crippen MR) is 116 cm³/mol. The number of benzene rings is 3. The van der Waals surface area contributed by atoms with Gasteiger partial charge in [0.2, 0.25) is 0 Å². The van der Waals surface area contributed by atoms with Crippen LogP contribution in [0.2, 0.25) is 0 Å². The van der Waals surface area contributed by atoms with E-state index in [0.717, 1.165) is 46.0 Å². The highest BCUT2D eigenvalue weighted by Crippen LogP contribution is 2.34. The second-order valence-electron chi connectivity index (χ2n) is 7.37. The zero-order chi connectivity index (χ0) is 20.0. The molecule has 29 heavy (non-hydrogen) atoms. The second-order valence-corrected chi connectivity index (χ2v) is 9.14. The molecule has 0 N–H and O–H groups in total. The summed E-state index contributed by atoms with van der Waals surface area (Å²) in [6, 6.07) is 21.0. The fourth-order valence-corrected chi connectivity index (χ4v) is 5.15.